The van der Waals surface area contributed by atoms with Crippen LogP contribution in [0, 0.1) is 0 Å². The van der Waals surface area contributed by atoms with Crippen molar-refractivity contribution in [1.29, 1.82) is 0 Å². The van der Waals surface area contributed by atoms with Gasteiger partial charge in [-0.2, -0.15) is 0 Å². The molecule has 118 valence electrons. The lowest BCUT2D eigenvalue weighted by molar-refractivity contribution is -0.00185. The summed E-state index contributed by atoms with van der Waals surface area (Å²) in [7, 11) is 0. The summed E-state index contributed by atoms with van der Waals surface area (Å²) >= 11 is 5.82. The minimum Gasteiger partial charge on any atom is -0.491 e. The van der Waals surface area contributed by atoms with Crippen LogP contribution in [0.3, 0.4) is 0 Å². The molecule has 0 aliphatic carbocycles. The van der Waals surface area contributed by atoms with Crippen LogP contribution in [0.15, 0.2) is 24.3 Å². The van der Waals surface area contributed by atoms with Gasteiger partial charge in [0, 0.05) is 31.3 Å². The van der Waals surface area contributed by atoms with E-state index >= 15 is 0 Å². The van der Waals surface area contributed by atoms with Crippen molar-refractivity contribution in [3.63, 3.8) is 0 Å². The van der Waals surface area contributed by atoms with E-state index in [-0.39, 0.29) is 0 Å². The quantitative estimate of drug-likeness (QED) is 0.840. The van der Waals surface area contributed by atoms with Gasteiger partial charge >= 0.3 is 0 Å². The van der Waals surface area contributed by atoms with Crippen molar-refractivity contribution in [2.24, 2.45) is 0 Å². The Bertz CT molecular complexity index is 404. The van der Waals surface area contributed by atoms with Crippen LogP contribution in [0.4, 0.5) is 0 Å². The van der Waals surface area contributed by atoms with Crippen LogP contribution < -0.4 is 4.74 Å². The number of piperidine rings is 1. The molecule has 1 unspecified atom stereocenters. The molecule has 0 spiro atoms. The third-order valence-electron chi connectivity index (χ3n) is 3.66. The summed E-state index contributed by atoms with van der Waals surface area (Å²) in [6.07, 6.45) is 1.98. The molecule has 1 aromatic carbocycles. The minimum absolute atomic E-state index is 0.299. The summed E-state index contributed by atoms with van der Waals surface area (Å²) < 4.78 is 11.2. The van der Waals surface area contributed by atoms with Crippen LogP contribution in [-0.2, 0) is 4.74 Å². The Hall–Kier alpha value is -0.810. The van der Waals surface area contributed by atoms with Gasteiger partial charge in [0.1, 0.15) is 18.5 Å². The molecule has 1 aromatic rings. The van der Waals surface area contributed by atoms with Crippen molar-refractivity contribution in [2.45, 2.75) is 32.0 Å². The smallest absolute Gasteiger partial charge is 0.119 e. The van der Waals surface area contributed by atoms with Crippen molar-refractivity contribution >= 4 is 11.6 Å². The topological polar surface area (TPSA) is 41.9 Å². The molecule has 2 rings (SSSR count). The van der Waals surface area contributed by atoms with E-state index in [2.05, 4.69) is 4.90 Å². The molecule has 4 nitrogen and oxygen atoms in total. The van der Waals surface area contributed by atoms with Gasteiger partial charge in [0.25, 0.3) is 0 Å². The standard InChI is InChI=1S/C16H24ClNO3/c1-2-20-16-7-9-18(10-8-16)11-14(19)12-21-15-5-3-13(17)4-6-15/h3-6,14,16,19H,2,7-12H2,1H3. The van der Waals surface area contributed by atoms with E-state index in [1.165, 1.54) is 0 Å². The molecule has 0 amide bonds. The second-order valence-corrected chi connectivity index (χ2v) is 5.81. The fourth-order valence-corrected chi connectivity index (χ4v) is 2.69. The number of aliphatic hydroxyl groups excluding tert-OH is 1. The number of rotatable bonds is 7. The van der Waals surface area contributed by atoms with Crippen LogP contribution in [0.2, 0.25) is 5.02 Å². The number of hydrogen-bond donors (Lipinski definition) is 1. The summed E-state index contributed by atoms with van der Waals surface area (Å²) in [4.78, 5) is 2.27. The van der Waals surface area contributed by atoms with Crippen molar-refractivity contribution in [2.75, 3.05) is 32.8 Å². The molecular weight excluding hydrogens is 290 g/mol. The van der Waals surface area contributed by atoms with Crippen LogP contribution in [0.1, 0.15) is 19.8 Å². The Kier molecular flexibility index (Phi) is 6.77. The molecule has 1 atom stereocenters. The summed E-state index contributed by atoms with van der Waals surface area (Å²) in [6, 6.07) is 7.18. The monoisotopic (exact) mass is 313 g/mol. The number of ether oxygens (including phenoxy) is 2. The lowest BCUT2D eigenvalue weighted by atomic mass is 10.1. The Labute approximate surface area is 131 Å². The molecule has 1 saturated heterocycles. The maximum atomic E-state index is 10.1. The van der Waals surface area contributed by atoms with Gasteiger partial charge in [0.2, 0.25) is 0 Å². The van der Waals surface area contributed by atoms with Crippen molar-refractivity contribution in [3.8, 4) is 5.75 Å². The molecule has 0 radical (unpaired) electrons. The number of nitrogens with zero attached hydrogens (tertiary/aromatic N) is 1. The number of halogens is 1. The first kappa shape index (κ1) is 16.6. The summed E-state index contributed by atoms with van der Waals surface area (Å²) in [5.74, 6) is 0.730. The van der Waals surface area contributed by atoms with Crippen LogP contribution in [0.25, 0.3) is 0 Å². The fourth-order valence-electron chi connectivity index (χ4n) is 2.57. The maximum Gasteiger partial charge on any atom is 0.119 e. The zero-order chi connectivity index (χ0) is 15.1. The van der Waals surface area contributed by atoms with Gasteiger partial charge in [0.05, 0.1) is 6.10 Å². The average Bonchev–Trinajstić information content (AvgIpc) is 2.49. The number of likely N-dealkylation sites (tertiary alicyclic amines) is 1. The molecule has 5 heteroatoms. The van der Waals surface area contributed by atoms with Crippen LogP contribution in [0.5, 0.6) is 5.75 Å². The molecule has 1 heterocycles. The highest BCUT2D eigenvalue weighted by atomic mass is 35.5. The summed E-state index contributed by atoms with van der Waals surface area (Å²) in [5.41, 5.74) is 0. The maximum absolute atomic E-state index is 10.1. The highest BCUT2D eigenvalue weighted by Crippen LogP contribution is 2.16. The number of aliphatic hydroxyl groups is 1. The molecule has 1 N–H and O–H groups in total. The first-order valence-electron chi connectivity index (χ1n) is 7.57. The molecule has 0 bridgehead atoms. The van der Waals surface area contributed by atoms with E-state index in [1.54, 1.807) is 12.1 Å². The number of hydrogen-bond acceptors (Lipinski definition) is 4. The van der Waals surface area contributed by atoms with E-state index in [0.717, 1.165) is 38.3 Å². The van der Waals surface area contributed by atoms with E-state index in [0.29, 0.717) is 24.3 Å². The van der Waals surface area contributed by atoms with Crippen LogP contribution >= 0.6 is 11.6 Å². The van der Waals surface area contributed by atoms with E-state index < -0.39 is 6.10 Å². The van der Waals surface area contributed by atoms with E-state index in [4.69, 9.17) is 21.1 Å². The fraction of sp³-hybridized carbons (Fsp3) is 0.625. The summed E-state index contributed by atoms with van der Waals surface area (Å²) in [6.45, 7) is 5.71. The molecule has 0 saturated carbocycles. The number of β-amino-alcohol motifs (C(OH)–C–C–N with tert-alkyl or cyclic N) is 1. The Balaban J connectivity index is 1.65. The second kappa shape index (κ2) is 8.59. The minimum atomic E-state index is -0.482. The Morgan fingerprint density at radius 1 is 1.29 bits per heavy atom. The van der Waals surface area contributed by atoms with Gasteiger partial charge in [-0.25, -0.2) is 0 Å². The van der Waals surface area contributed by atoms with Gasteiger partial charge in [-0.05, 0) is 44.0 Å². The lowest BCUT2D eigenvalue weighted by Gasteiger charge is -2.32. The van der Waals surface area contributed by atoms with Crippen molar-refractivity contribution in [1.82, 2.24) is 4.90 Å². The average molecular weight is 314 g/mol. The summed E-state index contributed by atoms with van der Waals surface area (Å²) in [5, 5.41) is 10.7. The van der Waals surface area contributed by atoms with Gasteiger partial charge in [0.15, 0.2) is 0 Å². The second-order valence-electron chi connectivity index (χ2n) is 5.37. The predicted octanol–water partition coefficient (Wildman–Crippen LogP) is 2.58. The molecule has 21 heavy (non-hydrogen) atoms. The van der Waals surface area contributed by atoms with Crippen LogP contribution in [-0.4, -0.2) is 55.1 Å². The lowest BCUT2D eigenvalue weighted by Crippen LogP contribution is -2.42. The third-order valence-corrected chi connectivity index (χ3v) is 3.91. The van der Waals surface area contributed by atoms with Gasteiger partial charge < -0.3 is 19.5 Å². The van der Waals surface area contributed by atoms with Gasteiger partial charge in [-0.15, -0.1) is 0 Å². The number of benzene rings is 1. The molecule has 1 fully saturated rings. The molecule has 0 aromatic heterocycles. The van der Waals surface area contributed by atoms with Crippen molar-refractivity contribution in [3.05, 3.63) is 29.3 Å². The van der Waals surface area contributed by atoms with E-state index in [1.807, 2.05) is 19.1 Å². The molecular formula is C16H24ClNO3. The predicted molar refractivity (Wildman–Crippen MR) is 84.0 cm³/mol. The van der Waals surface area contributed by atoms with Gasteiger partial charge in [-0.3, -0.25) is 0 Å². The highest BCUT2D eigenvalue weighted by Gasteiger charge is 2.21. The normalized spacial score (nSPS) is 18.6. The Morgan fingerprint density at radius 2 is 1.95 bits per heavy atom. The Morgan fingerprint density at radius 3 is 2.57 bits per heavy atom. The van der Waals surface area contributed by atoms with E-state index in [9.17, 15) is 5.11 Å². The third kappa shape index (κ3) is 5.83. The molecule has 1 aliphatic rings. The molecule has 1 aliphatic heterocycles. The zero-order valence-electron chi connectivity index (χ0n) is 12.5. The first-order valence-corrected chi connectivity index (χ1v) is 7.95. The van der Waals surface area contributed by atoms with Crippen molar-refractivity contribution < 1.29 is 14.6 Å². The zero-order valence-corrected chi connectivity index (χ0v) is 13.3. The SMILES string of the molecule is CCOC1CCN(CC(O)COc2ccc(Cl)cc2)CC1. The highest BCUT2D eigenvalue weighted by molar-refractivity contribution is 6.30. The largest absolute Gasteiger partial charge is 0.491 e. The first-order chi connectivity index (χ1) is 10.2. The van der Waals surface area contributed by atoms with Gasteiger partial charge in [-0.1, -0.05) is 11.6 Å².